The fourth-order valence-electron chi connectivity index (χ4n) is 2.55. The van der Waals surface area contributed by atoms with Crippen LogP contribution in [0.1, 0.15) is 25.3 Å². The third-order valence-electron chi connectivity index (χ3n) is 3.67. The molecule has 1 aromatic carbocycles. The predicted octanol–water partition coefficient (Wildman–Crippen LogP) is 2.37. The van der Waals surface area contributed by atoms with Gasteiger partial charge in [0.05, 0.1) is 5.02 Å². The van der Waals surface area contributed by atoms with Crippen molar-refractivity contribution < 1.29 is 9.53 Å². The molecule has 0 radical (unpaired) electrons. The number of nitrogens with two attached hydrogens (primary N) is 1. The number of hydrogen-bond donors (Lipinski definition) is 1. The van der Waals surface area contributed by atoms with E-state index in [9.17, 15) is 4.79 Å². The van der Waals surface area contributed by atoms with Crippen LogP contribution in [0.2, 0.25) is 5.02 Å². The fraction of sp³-hybridized carbons (Fsp3) is 0.533. The van der Waals surface area contributed by atoms with Gasteiger partial charge in [0.1, 0.15) is 5.75 Å². The molecule has 2 N–H and O–H groups in total. The van der Waals surface area contributed by atoms with Gasteiger partial charge in [-0.1, -0.05) is 17.7 Å². The Morgan fingerprint density at radius 3 is 3.05 bits per heavy atom. The number of nitrogens with zero attached hydrogens (tertiary/aromatic N) is 1. The van der Waals surface area contributed by atoms with Crippen LogP contribution < -0.4 is 10.5 Å². The molecule has 1 aromatic rings. The van der Waals surface area contributed by atoms with Gasteiger partial charge in [-0.15, -0.1) is 0 Å². The highest BCUT2D eigenvalue weighted by Crippen LogP contribution is 2.27. The van der Waals surface area contributed by atoms with E-state index in [2.05, 4.69) is 0 Å². The standard InChI is InChI=1S/C15H21ClN2O2/c1-10-5-6-13(16)14(8-10)20-11(2)15(19)18-7-3-4-12(18)9-17/h5-6,8,11-12H,3-4,7,9,17H2,1-2H3. The lowest BCUT2D eigenvalue weighted by Crippen LogP contribution is -2.45. The Labute approximate surface area is 124 Å². The van der Waals surface area contributed by atoms with Crippen LogP contribution in [-0.2, 0) is 4.79 Å². The van der Waals surface area contributed by atoms with Gasteiger partial charge >= 0.3 is 0 Å². The van der Waals surface area contributed by atoms with Gasteiger partial charge in [0.25, 0.3) is 5.91 Å². The highest BCUT2D eigenvalue weighted by atomic mass is 35.5. The van der Waals surface area contributed by atoms with E-state index >= 15 is 0 Å². The second kappa shape index (κ2) is 6.46. The van der Waals surface area contributed by atoms with Crippen molar-refractivity contribution in [1.82, 2.24) is 4.90 Å². The molecule has 1 fully saturated rings. The van der Waals surface area contributed by atoms with Crippen LogP contribution in [0.3, 0.4) is 0 Å². The Kier molecular flexibility index (Phi) is 4.89. The van der Waals surface area contributed by atoms with Gasteiger partial charge in [-0.3, -0.25) is 4.79 Å². The molecule has 110 valence electrons. The number of likely N-dealkylation sites (tertiary alicyclic amines) is 1. The lowest BCUT2D eigenvalue weighted by atomic mass is 10.2. The Morgan fingerprint density at radius 1 is 1.60 bits per heavy atom. The minimum absolute atomic E-state index is 0.0180. The molecule has 0 saturated carbocycles. The minimum Gasteiger partial charge on any atom is -0.479 e. The molecule has 0 spiro atoms. The van der Waals surface area contributed by atoms with Crippen molar-refractivity contribution in [2.24, 2.45) is 5.73 Å². The largest absolute Gasteiger partial charge is 0.479 e. The summed E-state index contributed by atoms with van der Waals surface area (Å²) in [6.45, 7) is 4.98. The SMILES string of the molecule is Cc1ccc(Cl)c(OC(C)C(=O)N2CCCC2CN)c1. The van der Waals surface area contributed by atoms with E-state index < -0.39 is 6.10 Å². The van der Waals surface area contributed by atoms with E-state index in [0.717, 1.165) is 24.9 Å². The Bertz CT molecular complexity index is 493. The predicted molar refractivity (Wildman–Crippen MR) is 80.1 cm³/mol. The molecule has 1 amide bonds. The molecule has 2 atom stereocenters. The molecule has 20 heavy (non-hydrogen) atoms. The first-order valence-electron chi connectivity index (χ1n) is 6.96. The summed E-state index contributed by atoms with van der Waals surface area (Å²) >= 11 is 6.09. The third kappa shape index (κ3) is 3.25. The molecule has 1 aliphatic heterocycles. The van der Waals surface area contributed by atoms with Crippen molar-refractivity contribution in [3.8, 4) is 5.75 Å². The average Bonchev–Trinajstić information content (AvgIpc) is 2.90. The maximum Gasteiger partial charge on any atom is 0.263 e. The summed E-state index contributed by atoms with van der Waals surface area (Å²) in [5.74, 6) is 0.534. The van der Waals surface area contributed by atoms with Crippen LogP contribution in [0.5, 0.6) is 5.75 Å². The summed E-state index contributed by atoms with van der Waals surface area (Å²) in [5, 5.41) is 0.520. The summed E-state index contributed by atoms with van der Waals surface area (Å²) in [5.41, 5.74) is 6.75. The van der Waals surface area contributed by atoms with Crippen LogP contribution in [0.25, 0.3) is 0 Å². The number of rotatable bonds is 4. The van der Waals surface area contributed by atoms with Crippen molar-refractivity contribution in [1.29, 1.82) is 0 Å². The Balaban J connectivity index is 2.05. The summed E-state index contributed by atoms with van der Waals surface area (Å²) in [6.07, 6.45) is 1.42. The molecule has 2 rings (SSSR count). The van der Waals surface area contributed by atoms with E-state index in [1.54, 1.807) is 13.0 Å². The van der Waals surface area contributed by atoms with Crippen LogP contribution in [0, 0.1) is 6.92 Å². The van der Waals surface area contributed by atoms with Gasteiger partial charge in [0, 0.05) is 19.1 Å². The fourth-order valence-corrected chi connectivity index (χ4v) is 2.71. The summed E-state index contributed by atoms with van der Waals surface area (Å²) in [6, 6.07) is 5.67. The van der Waals surface area contributed by atoms with Crippen molar-refractivity contribution in [2.45, 2.75) is 38.8 Å². The molecule has 0 aromatic heterocycles. The molecule has 2 unspecified atom stereocenters. The zero-order chi connectivity index (χ0) is 14.7. The molecule has 1 saturated heterocycles. The maximum atomic E-state index is 12.4. The topological polar surface area (TPSA) is 55.6 Å². The number of benzene rings is 1. The third-order valence-corrected chi connectivity index (χ3v) is 3.98. The van der Waals surface area contributed by atoms with E-state index in [1.165, 1.54) is 0 Å². The van der Waals surface area contributed by atoms with Crippen molar-refractivity contribution in [2.75, 3.05) is 13.1 Å². The molecule has 0 aliphatic carbocycles. The molecular weight excluding hydrogens is 276 g/mol. The quantitative estimate of drug-likeness (QED) is 0.928. The lowest BCUT2D eigenvalue weighted by Gasteiger charge is -2.27. The highest BCUT2D eigenvalue weighted by Gasteiger charge is 2.31. The first kappa shape index (κ1) is 15.1. The van der Waals surface area contributed by atoms with Crippen molar-refractivity contribution in [3.63, 3.8) is 0 Å². The van der Waals surface area contributed by atoms with Gasteiger partial charge < -0.3 is 15.4 Å². The van der Waals surface area contributed by atoms with Crippen LogP contribution in [0.4, 0.5) is 0 Å². The number of carbonyl (C=O) groups excluding carboxylic acids is 1. The number of aryl methyl sites for hydroxylation is 1. The minimum atomic E-state index is -0.554. The smallest absolute Gasteiger partial charge is 0.263 e. The number of amides is 1. The first-order chi connectivity index (χ1) is 9.52. The highest BCUT2D eigenvalue weighted by molar-refractivity contribution is 6.32. The van der Waals surface area contributed by atoms with Crippen LogP contribution >= 0.6 is 11.6 Å². The summed E-state index contributed by atoms with van der Waals surface area (Å²) < 4.78 is 5.73. The van der Waals surface area contributed by atoms with E-state index in [1.807, 2.05) is 24.0 Å². The van der Waals surface area contributed by atoms with Gasteiger partial charge in [0.15, 0.2) is 6.10 Å². The van der Waals surface area contributed by atoms with Crippen molar-refractivity contribution >= 4 is 17.5 Å². The molecule has 1 aliphatic rings. The molecule has 5 heteroatoms. The zero-order valence-electron chi connectivity index (χ0n) is 11.9. The van der Waals surface area contributed by atoms with Crippen LogP contribution in [-0.4, -0.2) is 36.0 Å². The van der Waals surface area contributed by atoms with E-state index in [0.29, 0.717) is 17.3 Å². The van der Waals surface area contributed by atoms with Crippen LogP contribution in [0.15, 0.2) is 18.2 Å². The second-order valence-corrected chi connectivity index (χ2v) is 5.66. The summed E-state index contributed by atoms with van der Waals surface area (Å²) in [7, 11) is 0. The normalized spacial score (nSPS) is 20.0. The van der Waals surface area contributed by atoms with Gasteiger partial charge in [-0.25, -0.2) is 0 Å². The second-order valence-electron chi connectivity index (χ2n) is 5.26. The monoisotopic (exact) mass is 296 g/mol. The number of halogens is 1. The van der Waals surface area contributed by atoms with E-state index in [-0.39, 0.29) is 11.9 Å². The molecule has 1 heterocycles. The molecule has 0 bridgehead atoms. The number of carbonyl (C=O) groups is 1. The van der Waals surface area contributed by atoms with Gasteiger partial charge in [0.2, 0.25) is 0 Å². The first-order valence-corrected chi connectivity index (χ1v) is 7.34. The van der Waals surface area contributed by atoms with Crippen molar-refractivity contribution in [3.05, 3.63) is 28.8 Å². The summed E-state index contributed by atoms with van der Waals surface area (Å²) in [4.78, 5) is 14.2. The van der Waals surface area contributed by atoms with Gasteiger partial charge in [-0.2, -0.15) is 0 Å². The Hall–Kier alpha value is -1.26. The van der Waals surface area contributed by atoms with E-state index in [4.69, 9.17) is 22.1 Å². The average molecular weight is 297 g/mol. The van der Waals surface area contributed by atoms with Gasteiger partial charge in [-0.05, 0) is 44.4 Å². The molecular formula is C15H21ClN2O2. The Morgan fingerprint density at radius 2 is 2.35 bits per heavy atom. The number of ether oxygens (including phenoxy) is 1. The number of hydrogen-bond acceptors (Lipinski definition) is 3. The zero-order valence-corrected chi connectivity index (χ0v) is 12.7. The lowest BCUT2D eigenvalue weighted by molar-refractivity contribution is -0.138. The molecule has 4 nitrogen and oxygen atoms in total. The maximum absolute atomic E-state index is 12.4.